The van der Waals surface area contributed by atoms with Gasteiger partial charge in [-0.3, -0.25) is 4.57 Å². The molecule has 0 aromatic carbocycles. The van der Waals surface area contributed by atoms with E-state index in [1.54, 1.807) is 0 Å². The fourth-order valence-corrected chi connectivity index (χ4v) is 3.63. The Morgan fingerprint density at radius 1 is 1.40 bits per heavy atom. The predicted octanol–water partition coefficient (Wildman–Crippen LogP) is 3.28. The van der Waals surface area contributed by atoms with Crippen LogP contribution in [0.2, 0.25) is 0 Å². The van der Waals surface area contributed by atoms with E-state index in [1.165, 1.54) is 25.7 Å². The molecule has 0 radical (unpaired) electrons. The van der Waals surface area contributed by atoms with Crippen molar-refractivity contribution in [1.82, 2.24) is 19.4 Å². The third-order valence-corrected chi connectivity index (χ3v) is 5.00. The van der Waals surface area contributed by atoms with Gasteiger partial charge in [-0.2, -0.15) is 0 Å². The van der Waals surface area contributed by atoms with E-state index in [1.807, 2.05) is 6.20 Å². The molecule has 20 heavy (non-hydrogen) atoms. The number of fused-ring (bicyclic) bond motifs is 1. The molecular weight excluding hydrogens is 268 g/mol. The fraction of sp³-hybridized carbons (Fsp3) is 0.600. The molecule has 1 aliphatic rings. The van der Waals surface area contributed by atoms with Gasteiger partial charge >= 0.3 is 0 Å². The van der Waals surface area contributed by atoms with Crippen molar-refractivity contribution in [3.8, 4) is 0 Å². The van der Waals surface area contributed by atoms with Gasteiger partial charge in [-0.1, -0.05) is 12.8 Å². The van der Waals surface area contributed by atoms with Crippen LogP contribution in [-0.4, -0.2) is 39.1 Å². The van der Waals surface area contributed by atoms with E-state index >= 15 is 0 Å². The summed E-state index contributed by atoms with van der Waals surface area (Å²) in [5.41, 5.74) is 3.40. The summed E-state index contributed by atoms with van der Waals surface area (Å²) in [6.07, 6.45) is 7.00. The molecule has 1 N–H and O–H groups in total. The van der Waals surface area contributed by atoms with Crippen molar-refractivity contribution in [2.45, 2.75) is 44.7 Å². The monoisotopic (exact) mass is 290 g/mol. The zero-order valence-corrected chi connectivity index (χ0v) is 13.3. The highest BCUT2D eigenvalue weighted by molar-refractivity contribution is 7.71. The van der Waals surface area contributed by atoms with Crippen LogP contribution in [0.25, 0.3) is 11.2 Å². The highest BCUT2D eigenvalue weighted by Gasteiger charge is 2.36. The highest BCUT2D eigenvalue weighted by Crippen LogP contribution is 2.35. The largest absolute Gasteiger partial charge is 0.329 e. The number of aryl methyl sites for hydroxylation is 1. The predicted molar refractivity (Wildman–Crippen MR) is 84.5 cm³/mol. The second-order valence-electron chi connectivity index (χ2n) is 6.23. The summed E-state index contributed by atoms with van der Waals surface area (Å²) in [7, 11) is 4.36. The summed E-state index contributed by atoms with van der Waals surface area (Å²) in [4.78, 5) is 10.2. The average molecular weight is 290 g/mol. The van der Waals surface area contributed by atoms with Crippen molar-refractivity contribution < 1.29 is 0 Å². The Morgan fingerprint density at radius 3 is 2.75 bits per heavy atom. The lowest BCUT2D eigenvalue weighted by molar-refractivity contribution is 0.134. The summed E-state index contributed by atoms with van der Waals surface area (Å²) >= 11 is 5.52. The highest BCUT2D eigenvalue weighted by atomic mass is 32.1. The first-order chi connectivity index (χ1) is 9.52. The summed E-state index contributed by atoms with van der Waals surface area (Å²) in [6.45, 7) is 2.98. The van der Waals surface area contributed by atoms with Crippen LogP contribution in [0.1, 0.15) is 31.2 Å². The Kier molecular flexibility index (Phi) is 3.42. The maximum absolute atomic E-state index is 5.52. The molecular formula is C15H22N4S. The standard InChI is InChI=1S/C15H22N4S/c1-11-8-12-13(16-9-11)19(14(20)17-12)10-15(18(2)3)6-4-5-7-15/h8-9H,4-7,10H2,1-3H3,(H,17,20). The molecule has 0 spiro atoms. The molecule has 0 bridgehead atoms. The Labute approximate surface area is 124 Å². The molecule has 0 saturated heterocycles. The smallest absolute Gasteiger partial charge is 0.179 e. The SMILES string of the molecule is Cc1cnc2c(c1)[nH]c(=S)n2CC1(N(C)C)CCCC1. The van der Waals surface area contributed by atoms with E-state index in [0.717, 1.165) is 28.0 Å². The Hall–Kier alpha value is -1.20. The number of pyridine rings is 1. The van der Waals surface area contributed by atoms with Crippen LogP contribution in [0.4, 0.5) is 0 Å². The molecule has 1 aliphatic carbocycles. The first-order valence-corrected chi connectivity index (χ1v) is 7.65. The molecule has 0 aliphatic heterocycles. The van der Waals surface area contributed by atoms with Crippen molar-refractivity contribution in [2.75, 3.05) is 14.1 Å². The van der Waals surface area contributed by atoms with Crippen LogP contribution in [0, 0.1) is 11.7 Å². The summed E-state index contributed by atoms with van der Waals surface area (Å²) in [6, 6.07) is 2.12. The van der Waals surface area contributed by atoms with Crippen molar-refractivity contribution in [3.63, 3.8) is 0 Å². The van der Waals surface area contributed by atoms with E-state index in [9.17, 15) is 0 Å². The molecule has 2 aromatic heterocycles. The van der Waals surface area contributed by atoms with Gasteiger partial charge in [0.2, 0.25) is 0 Å². The maximum Gasteiger partial charge on any atom is 0.179 e. The number of nitrogens with one attached hydrogen (secondary N) is 1. The number of hydrogen-bond acceptors (Lipinski definition) is 3. The third kappa shape index (κ3) is 2.19. The maximum atomic E-state index is 5.52. The van der Waals surface area contributed by atoms with E-state index in [4.69, 9.17) is 12.2 Å². The number of aromatic nitrogens is 3. The normalized spacial score (nSPS) is 18.2. The Morgan fingerprint density at radius 2 is 2.10 bits per heavy atom. The van der Waals surface area contributed by atoms with Gasteiger partial charge in [-0.25, -0.2) is 4.98 Å². The first-order valence-electron chi connectivity index (χ1n) is 7.24. The fourth-order valence-electron chi connectivity index (χ4n) is 3.37. The van der Waals surface area contributed by atoms with Crippen molar-refractivity contribution in [3.05, 3.63) is 22.6 Å². The number of nitrogens with zero attached hydrogens (tertiary/aromatic N) is 3. The molecule has 108 valence electrons. The quantitative estimate of drug-likeness (QED) is 0.881. The van der Waals surface area contributed by atoms with Gasteiger partial charge in [0.05, 0.1) is 5.52 Å². The molecule has 0 amide bonds. The zero-order chi connectivity index (χ0) is 14.3. The van der Waals surface area contributed by atoms with Crippen molar-refractivity contribution in [2.24, 2.45) is 0 Å². The second-order valence-corrected chi connectivity index (χ2v) is 6.61. The summed E-state index contributed by atoms with van der Waals surface area (Å²) < 4.78 is 2.96. The lowest BCUT2D eigenvalue weighted by Crippen LogP contribution is -2.45. The van der Waals surface area contributed by atoms with Gasteiger partial charge in [-0.05, 0) is 57.7 Å². The van der Waals surface area contributed by atoms with Gasteiger partial charge in [0.25, 0.3) is 0 Å². The minimum Gasteiger partial charge on any atom is -0.329 e. The van der Waals surface area contributed by atoms with Crippen LogP contribution in [0.5, 0.6) is 0 Å². The van der Waals surface area contributed by atoms with Gasteiger partial charge in [0, 0.05) is 18.3 Å². The topological polar surface area (TPSA) is 36.9 Å². The van der Waals surface area contributed by atoms with Crippen LogP contribution >= 0.6 is 12.2 Å². The average Bonchev–Trinajstić information content (AvgIpc) is 2.96. The lowest BCUT2D eigenvalue weighted by Gasteiger charge is -2.36. The number of aromatic amines is 1. The van der Waals surface area contributed by atoms with Crippen LogP contribution in [-0.2, 0) is 6.54 Å². The van der Waals surface area contributed by atoms with Crippen molar-refractivity contribution in [1.29, 1.82) is 0 Å². The summed E-state index contributed by atoms with van der Waals surface area (Å²) in [5, 5.41) is 0. The Bertz CT molecular complexity index is 677. The van der Waals surface area contributed by atoms with Gasteiger partial charge in [-0.15, -0.1) is 0 Å². The molecule has 0 unspecified atom stereocenters. The van der Waals surface area contributed by atoms with E-state index in [2.05, 4.69) is 46.5 Å². The second kappa shape index (κ2) is 4.97. The molecule has 2 aromatic rings. The number of H-pyrrole nitrogens is 1. The number of rotatable bonds is 3. The molecule has 1 saturated carbocycles. The zero-order valence-electron chi connectivity index (χ0n) is 12.4. The molecule has 2 heterocycles. The van der Waals surface area contributed by atoms with Crippen molar-refractivity contribution >= 4 is 23.4 Å². The van der Waals surface area contributed by atoms with Gasteiger partial charge in [0.1, 0.15) is 0 Å². The number of hydrogen-bond donors (Lipinski definition) is 1. The summed E-state index contributed by atoms with van der Waals surface area (Å²) in [5.74, 6) is 0. The van der Waals surface area contributed by atoms with E-state index in [0.29, 0.717) is 0 Å². The minimum absolute atomic E-state index is 0.222. The molecule has 5 heteroatoms. The van der Waals surface area contributed by atoms with Crippen LogP contribution in [0.3, 0.4) is 0 Å². The lowest BCUT2D eigenvalue weighted by atomic mass is 9.96. The van der Waals surface area contributed by atoms with Crippen LogP contribution in [0.15, 0.2) is 12.3 Å². The van der Waals surface area contributed by atoms with Gasteiger partial charge in [0.15, 0.2) is 10.4 Å². The molecule has 1 fully saturated rings. The van der Waals surface area contributed by atoms with E-state index in [-0.39, 0.29) is 5.54 Å². The van der Waals surface area contributed by atoms with Crippen LogP contribution < -0.4 is 0 Å². The third-order valence-electron chi connectivity index (χ3n) is 4.68. The van der Waals surface area contributed by atoms with Gasteiger partial charge < -0.3 is 9.88 Å². The molecule has 0 atom stereocenters. The first kappa shape index (κ1) is 13.8. The number of likely N-dealkylation sites (N-methyl/N-ethyl adjacent to an activating group) is 1. The number of imidazole rings is 1. The molecule has 4 nitrogen and oxygen atoms in total. The van der Waals surface area contributed by atoms with E-state index < -0.39 is 0 Å². The molecule has 3 rings (SSSR count). The Balaban J connectivity index is 2.06. The minimum atomic E-state index is 0.222.